The number of carbonyl (C=O) groups excluding carboxylic acids is 2. The summed E-state index contributed by atoms with van der Waals surface area (Å²) in [4.78, 5) is 26.1. The summed E-state index contributed by atoms with van der Waals surface area (Å²) in [5.41, 5.74) is 0.657. The van der Waals surface area contributed by atoms with E-state index in [-0.39, 0.29) is 24.4 Å². The molecule has 2 unspecified atom stereocenters. The van der Waals surface area contributed by atoms with Crippen LogP contribution in [0.4, 0.5) is 5.69 Å². The summed E-state index contributed by atoms with van der Waals surface area (Å²) in [5, 5.41) is 2.98. The highest BCUT2D eigenvalue weighted by Crippen LogP contribution is 2.33. The monoisotopic (exact) mass is 318 g/mol. The minimum Gasteiger partial charge on any atom is -0.479 e. The fourth-order valence-electron chi connectivity index (χ4n) is 2.76. The number of nitrogens with one attached hydrogen (secondary N) is 1. The highest BCUT2D eigenvalue weighted by molar-refractivity contribution is 6.03. The molecule has 0 aliphatic carbocycles. The number of para-hydroxylation sites is 2. The maximum absolute atomic E-state index is 12.3. The van der Waals surface area contributed by atoms with Crippen LogP contribution in [-0.2, 0) is 9.59 Å². The van der Waals surface area contributed by atoms with Crippen molar-refractivity contribution in [3.05, 3.63) is 24.3 Å². The molecule has 1 heterocycles. The third kappa shape index (κ3) is 4.47. The molecule has 2 amide bonds. The predicted molar refractivity (Wildman–Crippen MR) is 90.6 cm³/mol. The van der Waals surface area contributed by atoms with E-state index in [1.807, 2.05) is 25.1 Å². The molecular formula is C18H26N2O3. The van der Waals surface area contributed by atoms with E-state index in [4.69, 9.17) is 4.74 Å². The minimum absolute atomic E-state index is 0.0294. The van der Waals surface area contributed by atoms with Crippen LogP contribution < -0.4 is 15.0 Å². The molecule has 0 radical (unpaired) electrons. The van der Waals surface area contributed by atoms with Crippen molar-refractivity contribution >= 4 is 17.5 Å². The predicted octanol–water partition coefficient (Wildman–Crippen LogP) is 2.89. The Balaban J connectivity index is 1.98. The van der Waals surface area contributed by atoms with Gasteiger partial charge in [-0.05, 0) is 32.4 Å². The third-order valence-electron chi connectivity index (χ3n) is 4.02. The summed E-state index contributed by atoms with van der Waals surface area (Å²) < 4.78 is 5.58. The maximum Gasteiger partial charge on any atom is 0.268 e. The molecule has 0 spiro atoms. The summed E-state index contributed by atoms with van der Waals surface area (Å²) in [6.45, 7) is 5.90. The highest BCUT2D eigenvalue weighted by atomic mass is 16.5. The van der Waals surface area contributed by atoms with E-state index in [9.17, 15) is 9.59 Å². The van der Waals surface area contributed by atoms with Crippen LogP contribution in [0.15, 0.2) is 24.3 Å². The lowest BCUT2D eigenvalue weighted by Crippen LogP contribution is -2.49. The number of hydrogen-bond donors (Lipinski definition) is 1. The third-order valence-corrected chi connectivity index (χ3v) is 4.02. The second-order valence-electron chi connectivity index (χ2n) is 6.12. The molecule has 126 valence electrons. The van der Waals surface area contributed by atoms with Gasteiger partial charge in [0.05, 0.1) is 5.69 Å². The average Bonchev–Trinajstić information content (AvgIpc) is 2.52. The van der Waals surface area contributed by atoms with E-state index in [1.54, 1.807) is 13.0 Å². The topological polar surface area (TPSA) is 58.6 Å². The van der Waals surface area contributed by atoms with Gasteiger partial charge in [-0.3, -0.25) is 14.5 Å². The van der Waals surface area contributed by atoms with Gasteiger partial charge in [0.2, 0.25) is 5.91 Å². The van der Waals surface area contributed by atoms with Gasteiger partial charge in [0.15, 0.2) is 6.10 Å². The van der Waals surface area contributed by atoms with Crippen molar-refractivity contribution in [1.82, 2.24) is 5.32 Å². The number of ether oxygens (including phenoxy) is 1. The molecule has 1 N–H and O–H groups in total. The van der Waals surface area contributed by atoms with Crippen LogP contribution >= 0.6 is 0 Å². The summed E-state index contributed by atoms with van der Waals surface area (Å²) in [6.07, 6.45) is 3.84. The molecule has 0 saturated heterocycles. The molecule has 2 atom stereocenters. The molecule has 1 aromatic carbocycles. The van der Waals surface area contributed by atoms with Gasteiger partial charge in [0.25, 0.3) is 5.91 Å². The van der Waals surface area contributed by atoms with Gasteiger partial charge >= 0.3 is 0 Å². The molecule has 23 heavy (non-hydrogen) atoms. The number of carbonyl (C=O) groups is 2. The summed E-state index contributed by atoms with van der Waals surface area (Å²) >= 11 is 0. The molecular weight excluding hydrogens is 292 g/mol. The number of anilines is 1. The van der Waals surface area contributed by atoms with Gasteiger partial charge < -0.3 is 10.1 Å². The van der Waals surface area contributed by atoms with Crippen LogP contribution in [0.5, 0.6) is 5.75 Å². The Morgan fingerprint density at radius 1 is 1.35 bits per heavy atom. The lowest BCUT2D eigenvalue weighted by Gasteiger charge is -2.32. The fraction of sp³-hybridized carbons (Fsp3) is 0.556. The van der Waals surface area contributed by atoms with Crippen molar-refractivity contribution in [1.29, 1.82) is 0 Å². The van der Waals surface area contributed by atoms with Crippen LogP contribution in [0.3, 0.4) is 0 Å². The van der Waals surface area contributed by atoms with Crippen LogP contribution in [-0.4, -0.2) is 30.5 Å². The zero-order valence-electron chi connectivity index (χ0n) is 14.2. The molecule has 5 nitrogen and oxygen atoms in total. The number of hydrogen-bond acceptors (Lipinski definition) is 3. The van der Waals surface area contributed by atoms with E-state index in [1.165, 1.54) is 11.3 Å². The maximum atomic E-state index is 12.3. The molecule has 0 bridgehead atoms. The molecule has 1 aromatic rings. The second kappa shape index (κ2) is 7.99. The van der Waals surface area contributed by atoms with Gasteiger partial charge in [-0.25, -0.2) is 0 Å². The quantitative estimate of drug-likeness (QED) is 0.787. The normalized spacial score (nSPS) is 18.1. The smallest absolute Gasteiger partial charge is 0.268 e. The van der Waals surface area contributed by atoms with Crippen molar-refractivity contribution in [3.63, 3.8) is 0 Å². The zero-order chi connectivity index (χ0) is 16.8. The van der Waals surface area contributed by atoms with Crippen molar-refractivity contribution in [3.8, 4) is 5.75 Å². The van der Waals surface area contributed by atoms with Crippen LogP contribution in [0.1, 0.15) is 46.5 Å². The Labute approximate surface area is 138 Å². The SMILES string of the molecule is CCCCCC(C)NC(=O)CN1C(=O)C(C)Oc2ccccc21. The Kier molecular flexibility index (Phi) is 6.02. The first kappa shape index (κ1) is 17.3. The molecule has 0 aromatic heterocycles. The number of benzene rings is 1. The molecule has 5 heteroatoms. The number of amides is 2. The number of nitrogens with zero attached hydrogens (tertiary/aromatic N) is 1. The van der Waals surface area contributed by atoms with E-state index < -0.39 is 6.10 Å². The summed E-state index contributed by atoms with van der Waals surface area (Å²) in [7, 11) is 0. The van der Waals surface area contributed by atoms with E-state index in [2.05, 4.69) is 12.2 Å². The largest absolute Gasteiger partial charge is 0.479 e. The second-order valence-corrected chi connectivity index (χ2v) is 6.12. The Hall–Kier alpha value is -2.04. The van der Waals surface area contributed by atoms with Crippen molar-refractivity contribution in [2.24, 2.45) is 0 Å². The first-order valence-corrected chi connectivity index (χ1v) is 8.39. The first-order valence-electron chi connectivity index (χ1n) is 8.39. The molecule has 1 aliphatic heterocycles. The van der Waals surface area contributed by atoms with Gasteiger partial charge in [-0.2, -0.15) is 0 Å². The van der Waals surface area contributed by atoms with Crippen LogP contribution in [0, 0.1) is 0 Å². The van der Waals surface area contributed by atoms with Crippen molar-refractivity contribution in [2.75, 3.05) is 11.4 Å². The molecule has 1 aliphatic rings. The van der Waals surface area contributed by atoms with E-state index in [0.29, 0.717) is 11.4 Å². The number of fused-ring (bicyclic) bond motifs is 1. The molecule has 0 saturated carbocycles. The standard InChI is InChI=1S/C18H26N2O3/c1-4-5-6-9-13(2)19-17(21)12-20-15-10-7-8-11-16(15)23-14(3)18(20)22/h7-8,10-11,13-14H,4-6,9,12H2,1-3H3,(H,19,21). The minimum atomic E-state index is -0.570. The Bertz CT molecular complexity index is 559. The van der Waals surface area contributed by atoms with Crippen molar-refractivity contribution in [2.45, 2.75) is 58.6 Å². The first-order chi connectivity index (χ1) is 11.0. The number of rotatable bonds is 7. The van der Waals surface area contributed by atoms with E-state index >= 15 is 0 Å². The average molecular weight is 318 g/mol. The van der Waals surface area contributed by atoms with Gasteiger partial charge in [0, 0.05) is 6.04 Å². The molecule has 2 rings (SSSR count). The number of unbranched alkanes of at least 4 members (excludes halogenated alkanes) is 2. The summed E-state index contributed by atoms with van der Waals surface area (Å²) in [6, 6.07) is 7.44. The highest BCUT2D eigenvalue weighted by Gasteiger charge is 2.32. The Morgan fingerprint density at radius 3 is 2.83 bits per heavy atom. The van der Waals surface area contributed by atoms with Gasteiger partial charge in [-0.15, -0.1) is 0 Å². The summed E-state index contributed by atoms with van der Waals surface area (Å²) in [5.74, 6) is 0.326. The van der Waals surface area contributed by atoms with Crippen LogP contribution in [0.2, 0.25) is 0 Å². The van der Waals surface area contributed by atoms with Gasteiger partial charge in [-0.1, -0.05) is 38.3 Å². The van der Waals surface area contributed by atoms with Gasteiger partial charge in [0.1, 0.15) is 12.3 Å². The van der Waals surface area contributed by atoms with Crippen molar-refractivity contribution < 1.29 is 14.3 Å². The Morgan fingerprint density at radius 2 is 2.09 bits per heavy atom. The fourth-order valence-corrected chi connectivity index (χ4v) is 2.76. The lowest BCUT2D eigenvalue weighted by molar-refractivity contribution is -0.128. The van der Waals surface area contributed by atoms with E-state index in [0.717, 1.165) is 19.3 Å². The zero-order valence-corrected chi connectivity index (χ0v) is 14.2. The molecule has 0 fully saturated rings. The van der Waals surface area contributed by atoms with Crippen LogP contribution in [0.25, 0.3) is 0 Å². The lowest BCUT2D eigenvalue weighted by atomic mass is 10.1.